The second kappa shape index (κ2) is 6.60. The number of aryl methyl sites for hydroxylation is 2. The van der Waals surface area contributed by atoms with E-state index in [9.17, 15) is 0 Å². The summed E-state index contributed by atoms with van der Waals surface area (Å²) < 4.78 is 5.48. The van der Waals surface area contributed by atoms with Crippen molar-refractivity contribution in [3.63, 3.8) is 0 Å². The van der Waals surface area contributed by atoms with Crippen molar-refractivity contribution in [2.75, 3.05) is 7.05 Å². The molecule has 1 aromatic carbocycles. The van der Waals surface area contributed by atoms with Crippen molar-refractivity contribution < 1.29 is 4.52 Å². The molecule has 1 atom stereocenters. The summed E-state index contributed by atoms with van der Waals surface area (Å²) in [6.45, 7) is 6.89. The van der Waals surface area contributed by atoms with Gasteiger partial charge in [-0.2, -0.15) is 4.98 Å². The van der Waals surface area contributed by atoms with Crippen LogP contribution in [0, 0.1) is 13.8 Å². The van der Waals surface area contributed by atoms with E-state index in [0.717, 1.165) is 28.4 Å². The lowest BCUT2D eigenvalue weighted by Crippen LogP contribution is -2.22. The molecule has 0 amide bonds. The van der Waals surface area contributed by atoms with E-state index in [1.807, 2.05) is 45.2 Å². The highest BCUT2D eigenvalue weighted by Gasteiger charge is 2.20. The minimum atomic E-state index is 0.0299. The van der Waals surface area contributed by atoms with Crippen molar-refractivity contribution in [3.8, 4) is 11.4 Å². The van der Waals surface area contributed by atoms with Crippen molar-refractivity contribution in [3.05, 3.63) is 51.8 Å². The lowest BCUT2D eigenvalue weighted by molar-refractivity contribution is 0.201. The maximum atomic E-state index is 5.48. The zero-order valence-corrected chi connectivity index (χ0v) is 14.6. The van der Waals surface area contributed by atoms with E-state index in [4.69, 9.17) is 4.52 Å². The van der Waals surface area contributed by atoms with Gasteiger partial charge in [0.2, 0.25) is 11.7 Å². The van der Waals surface area contributed by atoms with Crippen molar-refractivity contribution >= 4 is 11.3 Å². The van der Waals surface area contributed by atoms with Crippen LogP contribution in [-0.4, -0.2) is 27.1 Å². The van der Waals surface area contributed by atoms with Crippen LogP contribution in [0.1, 0.15) is 35.1 Å². The predicted octanol–water partition coefficient (Wildman–Crippen LogP) is 4.00. The molecule has 0 radical (unpaired) electrons. The Morgan fingerprint density at radius 1 is 1.22 bits per heavy atom. The van der Waals surface area contributed by atoms with Gasteiger partial charge in [0.1, 0.15) is 0 Å². The molecule has 2 aromatic heterocycles. The Bertz CT molecular complexity index is 795. The van der Waals surface area contributed by atoms with Crippen LogP contribution in [0.15, 0.2) is 34.2 Å². The van der Waals surface area contributed by atoms with Crippen LogP contribution in [0.5, 0.6) is 0 Å². The summed E-state index contributed by atoms with van der Waals surface area (Å²) >= 11 is 1.67. The molecule has 0 fully saturated rings. The van der Waals surface area contributed by atoms with Crippen LogP contribution in [0.3, 0.4) is 0 Å². The van der Waals surface area contributed by atoms with Gasteiger partial charge in [-0.1, -0.05) is 29.4 Å². The zero-order chi connectivity index (χ0) is 16.4. The molecular formula is C17H20N4OS. The van der Waals surface area contributed by atoms with E-state index in [0.29, 0.717) is 11.7 Å². The molecule has 3 rings (SSSR count). The molecule has 0 aliphatic heterocycles. The van der Waals surface area contributed by atoms with Gasteiger partial charge in [0, 0.05) is 17.5 Å². The van der Waals surface area contributed by atoms with Gasteiger partial charge < -0.3 is 4.52 Å². The van der Waals surface area contributed by atoms with Crippen molar-refractivity contribution in [2.45, 2.75) is 33.4 Å². The van der Waals surface area contributed by atoms with E-state index in [2.05, 4.69) is 32.3 Å². The molecule has 3 aromatic rings. The van der Waals surface area contributed by atoms with Gasteiger partial charge in [0.25, 0.3) is 0 Å². The van der Waals surface area contributed by atoms with Gasteiger partial charge in [-0.05, 0) is 33.4 Å². The van der Waals surface area contributed by atoms with Gasteiger partial charge in [0.05, 0.1) is 16.7 Å². The first-order valence-electron chi connectivity index (χ1n) is 7.55. The third-order valence-electron chi connectivity index (χ3n) is 3.92. The fourth-order valence-corrected chi connectivity index (χ4v) is 3.00. The lowest BCUT2D eigenvalue weighted by Gasteiger charge is -2.20. The first-order valence-corrected chi connectivity index (χ1v) is 8.43. The van der Waals surface area contributed by atoms with Gasteiger partial charge in [-0.15, -0.1) is 11.3 Å². The summed E-state index contributed by atoms with van der Waals surface area (Å²) in [5.74, 6) is 1.26. The minimum Gasteiger partial charge on any atom is -0.337 e. The summed E-state index contributed by atoms with van der Waals surface area (Å²) in [6.07, 6.45) is 0. The standard InChI is InChI=1S/C17H20N4OS/c1-11-7-5-6-8-15(11)16-19-17(22-20-16)12(2)21(4)9-14-10-23-13(3)18-14/h5-8,10,12H,9H2,1-4H3/t12-/m0/s1. The summed E-state index contributed by atoms with van der Waals surface area (Å²) in [6, 6.07) is 8.08. The zero-order valence-electron chi connectivity index (χ0n) is 13.8. The molecule has 0 aliphatic rings. The molecule has 120 valence electrons. The third kappa shape index (κ3) is 3.48. The van der Waals surface area contributed by atoms with Crippen LogP contribution >= 0.6 is 11.3 Å². The van der Waals surface area contributed by atoms with Crippen LogP contribution in [0.25, 0.3) is 11.4 Å². The number of benzene rings is 1. The Morgan fingerprint density at radius 2 is 2.00 bits per heavy atom. The van der Waals surface area contributed by atoms with Crippen molar-refractivity contribution in [2.24, 2.45) is 0 Å². The van der Waals surface area contributed by atoms with E-state index in [1.54, 1.807) is 11.3 Å². The highest BCUT2D eigenvalue weighted by Crippen LogP contribution is 2.24. The fourth-order valence-electron chi connectivity index (χ4n) is 2.40. The number of hydrogen-bond donors (Lipinski definition) is 0. The molecule has 0 unspecified atom stereocenters. The third-order valence-corrected chi connectivity index (χ3v) is 4.75. The number of hydrogen-bond acceptors (Lipinski definition) is 6. The Hall–Kier alpha value is -2.05. The van der Waals surface area contributed by atoms with Gasteiger partial charge in [-0.3, -0.25) is 4.90 Å². The number of aromatic nitrogens is 3. The summed E-state index contributed by atoms with van der Waals surface area (Å²) in [5.41, 5.74) is 3.21. The smallest absolute Gasteiger partial charge is 0.244 e. The number of rotatable bonds is 5. The molecule has 2 heterocycles. The van der Waals surface area contributed by atoms with E-state index >= 15 is 0 Å². The second-order valence-electron chi connectivity index (χ2n) is 5.72. The van der Waals surface area contributed by atoms with E-state index < -0.39 is 0 Å². The quantitative estimate of drug-likeness (QED) is 0.708. The van der Waals surface area contributed by atoms with Gasteiger partial charge >= 0.3 is 0 Å². The monoisotopic (exact) mass is 328 g/mol. The summed E-state index contributed by atoms with van der Waals surface area (Å²) in [5, 5.41) is 7.31. The van der Waals surface area contributed by atoms with E-state index in [-0.39, 0.29) is 6.04 Å². The maximum Gasteiger partial charge on any atom is 0.244 e. The Labute approximate surface area is 140 Å². The largest absolute Gasteiger partial charge is 0.337 e. The first-order chi connectivity index (χ1) is 11.0. The van der Waals surface area contributed by atoms with E-state index in [1.165, 1.54) is 0 Å². The minimum absolute atomic E-state index is 0.0299. The maximum absolute atomic E-state index is 5.48. The van der Waals surface area contributed by atoms with Crippen molar-refractivity contribution in [1.29, 1.82) is 0 Å². The molecule has 5 nitrogen and oxygen atoms in total. The number of nitrogens with zero attached hydrogens (tertiary/aromatic N) is 4. The molecule has 0 N–H and O–H groups in total. The molecule has 0 bridgehead atoms. The molecule has 0 spiro atoms. The van der Waals surface area contributed by atoms with Gasteiger partial charge in [0.15, 0.2) is 0 Å². The highest BCUT2D eigenvalue weighted by atomic mass is 32.1. The molecule has 6 heteroatoms. The Morgan fingerprint density at radius 3 is 2.70 bits per heavy atom. The average Bonchev–Trinajstić information content (AvgIpc) is 3.16. The van der Waals surface area contributed by atoms with Crippen LogP contribution in [-0.2, 0) is 6.54 Å². The predicted molar refractivity (Wildman–Crippen MR) is 91.2 cm³/mol. The van der Waals surface area contributed by atoms with Crippen LogP contribution < -0.4 is 0 Å². The lowest BCUT2D eigenvalue weighted by atomic mass is 10.1. The molecule has 0 saturated carbocycles. The fraction of sp³-hybridized carbons (Fsp3) is 0.353. The SMILES string of the molecule is Cc1nc(CN(C)[C@@H](C)c2nc(-c3ccccc3C)no2)cs1. The molecule has 23 heavy (non-hydrogen) atoms. The summed E-state index contributed by atoms with van der Waals surface area (Å²) in [4.78, 5) is 11.2. The number of thiazole rings is 1. The van der Waals surface area contributed by atoms with Crippen molar-refractivity contribution in [1.82, 2.24) is 20.0 Å². The second-order valence-corrected chi connectivity index (χ2v) is 6.78. The first kappa shape index (κ1) is 15.8. The molecule has 0 aliphatic carbocycles. The normalized spacial score (nSPS) is 12.7. The van der Waals surface area contributed by atoms with Gasteiger partial charge in [-0.25, -0.2) is 4.98 Å². The van der Waals surface area contributed by atoms with Crippen LogP contribution in [0.2, 0.25) is 0 Å². The highest BCUT2D eigenvalue weighted by molar-refractivity contribution is 7.09. The topological polar surface area (TPSA) is 55.1 Å². The summed E-state index contributed by atoms with van der Waals surface area (Å²) in [7, 11) is 2.04. The van der Waals surface area contributed by atoms with Crippen LogP contribution in [0.4, 0.5) is 0 Å². The molecule has 0 saturated heterocycles. The Balaban J connectivity index is 1.75. The Kier molecular flexibility index (Phi) is 4.54. The molecular weight excluding hydrogens is 308 g/mol. The average molecular weight is 328 g/mol.